The number of aryl methyl sites for hydroxylation is 1. The fourth-order valence-electron chi connectivity index (χ4n) is 1.18. The number of para-hydroxylation sites is 1. The van der Waals surface area contributed by atoms with E-state index in [9.17, 15) is 0 Å². The molecule has 1 aromatic rings. The van der Waals surface area contributed by atoms with Crippen molar-refractivity contribution in [3.8, 4) is 0 Å². The molecular formula is C10H15NO2. The van der Waals surface area contributed by atoms with Crippen LogP contribution in [0.5, 0.6) is 0 Å². The summed E-state index contributed by atoms with van der Waals surface area (Å²) >= 11 is 0. The number of hydrogen-bond donors (Lipinski definition) is 3. The second-order valence-electron chi connectivity index (χ2n) is 3.07. The maximum atomic E-state index is 9.12. The van der Waals surface area contributed by atoms with E-state index >= 15 is 0 Å². The Bertz CT molecular complexity index is 263. The molecule has 72 valence electrons. The van der Waals surface area contributed by atoms with Crippen molar-refractivity contribution in [2.45, 2.75) is 18.9 Å². The molecule has 13 heavy (non-hydrogen) atoms. The van der Waals surface area contributed by atoms with E-state index in [1.54, 1.807) is 0 Å². The average Bonchev–Trinajstić information content (AvgIpc) is 2.16. The third-order valence-corrected chi connectivity index (χ3v) is 2.01. The van der Waals surface area contributed by atoms with Gasteiger partial charge in [-0.15, -0.1) is 0 Å². The molecule has 1 atom stereocenters. The molecule has 0 saturated carbocycles. The van der Waals surface area contributed by atoms with E-state index in [0.29, 0.717) is 12.8 Å². The number of aliphatic hydroxyl groups excluding tert-OH is 2. The van der Waals surface area contributed by atoms with E-state index in [1.165, 1.54) is 0 Å². The number of nitrogens with two attached hydrogens (primary N) is 1. The van der Waals surface area contributed by atoms with Crippen molar-refractivity contribution in [1.29, 1.82) is 0 Å². The summed E-state index contributed by atoms with van der Waals surface area (Å²) in [5.74, 6) is 0. The van der Waals surface area contributed by atoms with Gasteiger partial charge in [-0.05, 0) is 24.5 Å². The zero-order valence-electron chi connectivity index (χ0n) is 7.48. The average molecular weight is 181 g/mol. The van der Waals surface area contributed by atoms with Gasteiger partial charge in [0.1, 0.15) is 0 Å². The first kappa shape index (κ1) is 10.0. The molecule has 0 aliphatic carbocycles. The standard InChI is InChI=1S/C10H15NO2/c11-10-4-2-1-3-8(10)5-6-9(13)7-12/h1-4,9,12-13H,5-7,11H2. The molecule has 0 aliphatic rings. The molecule has 1 unspecified atom stereocenters. The van der Waals surface area contributed by atoms with Crippen LogP contribution in [0.25, 0.3) is 0 Å². The first-order valence-electron chi connectivity index (χ1n) is 4.36. The highest BCUT2D eigenvalue weighted by molar-refractivity contribution is 5.46. The van der Waals surface area contributed by atoms with Gasteiger partial charge in [0, 0.05) is 5.69 Å². The Kier molecular flexibility index (Phi) is 3.73. The Morgan fingerprint density at radius 3 is 2.62 bits per heavy atom. The maximum absolute atomic E-state index is 9.12. The van der Waals surface area contributed by atoms with Crippen molar-refractivity contribution >= 4 is 5.69 Å². The minimum absolute atomic E-state index is 0.188. The van der Waals surface area contributed by atoms with E-state index in [-0.39, 0.29) is 6.61 Å². The van der Waals surface area contributed by atoms with Gasteiger partial charge < -0.3 is 15.9 Å². The highest BCUT2D eigenvalue weighted by Crippen LogP contribution is 2.13. The molecule has 0 amide bonds. The van der Waals surface area contributed by atoms with Gasteiger partial charge in [-0.1, -0.05) is 18.2 Å². The second-order valence-corrected chi connectivity index (χ2v) is 3.07. The molecule has 0 aliphatic heterocycles. The van der Waals surface area contributed by atoms with Crippen molar-refractivity contribution in [1.82, 2.24) is 0 Å². The number of benzene rings is 1. The Hall–Kier alpha value is -1.06. The summed E-state index contributed by atoms with van der Waals surface area (Å²) < 4.78 is 0. The number of anilines is 1. The fourth-order valence-corrected chi connectivity index (χ4v) is 1.18. The van der Waals surface area contributed by atoms with Gasteiger partial charge in [0.15, 0.2) is 0 Å². The molecule has 0 fully saturated rings. The van der Waals surface area contributed by atoms with Crippen LogP contribution in [0.4, 0.5) is 5.69 Å². The summed E-state index contributed by atoms with van der Waals surface area (Å²) in [4.78, 5) is 0. The lowest BCUT2D eigenvalue weighted by atomic mass is 10.1. The largest absolute Gasteiger partial charge is 0.399 e. The number of nitrogen functional groups attached to an aromatic ring is 1. The van der Waals surface area contributed by atoms with Gasteiger partial charge in [0.05, 0.1) is 12.7 Å². The van der Waals surface area contributed by atoms with Crippen LogP contribution in [0.2, 0.25) is 0 Å². The molecule has 1 aromatic carbocycles. The minimum atomic E-state index is -0.639. The quantitative estimate of drug-likeness (QED) is 0.594. The van der Waals surface area contributed by atoms with Gasteiger partial charge in [-0.2, -0.15) is 0 Å². The van der Waals surface area contributed by atoms with E-state index < -0.39 is 6.10 Å². The summed E-state index contributed by atoms with van der Waals surface area (Å²) in [5, 5.41) is 17.7. The van der Waals surface area contributed by atoms with Crippen LogP contribution in [0, 0.1) is 0 Å². The molecule has 0 bridgehead atoms. The topological polar surface area (TPSA) is 66.5 Å². The third-order valence-electron chi connectivity index (χ3n) is 2.01. The van der Waals surface area contributed by atoms with Crippen LogP contribution >= 0.6 is 0 Å². The third kappa shape index (κ3) is 3.05. The van der Waals surface area contributed by atoms with Gasteiger partial charge >= 0.3 is 0 Å². The molecule has 0 spiro atoms. The Balaban J connectivity index is 2.50. The molecule has 1 rings (SSSR count). The molecule has 0 radical (unpaired) electrons. The lowest BCUT2D eigenvalue weighted by molar-refractivity contribution is 0.0886. The predicted molar refractivity (Wildman–Crippen MR) is 52.3 cm³/mol. The predicted octanol–water partition coefficient (Wildman–Crippen LogP) is 0.555. The highest BCUT2D eigenvalue weighted by Gasteiger charge is 2.03. The van der Waals surface area contributed by atoms with Crippen molar-refractivity contribution in [3.63, 3.8) is 0 Å². The van der Waals surface area contributed by atoms with E-state index in [2.05, 4.69) is 0 Å². The number of aliphatic hydroxyl groups is 2. The summed E-state index contributed by atoms with van der Waals surface area (Å²) in [7, 11) is 0. The minimum Gasteiger partial charge on any atom is -0.399 e. The van der Waals surface area contributed by atoms with Crippen LogP contribution in [0.15, 0.2) is 24.3 Å². The Morgan fingerprint density at radius 2 is 2.00 bits per heavy atom. The number of rotatable bonds is 4. The summed E-state index contributed by atoms with van der Waals surface area (Å²) in [5.41, 5.74) is 7.47. The van der Waals surface area contributed by atoms with E-state index in [0.717, 1.165) is 11.3 Å². The monoisotopic (exact) mass is 181 g/mol. The van der Waals surface area contributed by atoms with Gasteiger partial charge in [0.25, 0.3) is 0 Å². The lowest BCUT2D eigenvalue weighted by Crippen LogP contribution is -2.13. The number of hydrogen-bond acceptors (Lipinski definition) is 3. The molecule has 4 N–H and O–H groups in total. The summed E-state index contributed by atoms with van der Waals surface area (Å²) in [6.07, 6.45) is 0.610. The summed E-state index contributed by atoms with van der Waals surface area (Å²) in [6.45, 7) is -0.188. The van der Waals surface area contributed by atoms with Crippen LogP contribution in [-0.2, 0) is 6.42 Å². The van der Waals surface area contributed by atoms with Crippen LogP contribution < -0.4 is 5.73 Å². The van der Waals surface area contributed by atoms with E-state index in [4.69, 9.17) is 15.9 Å². The van der Waals surface area contributed by atoms with Gasteiger partial charge in [-0.3, -0.25) is 0 Å². The molecule has 0 heterocycles. The Labute approximate surface area is 77.8 Å². The smallest absolute Gasteiger partial charge is 0.0774 e. The molecule has 3 heteroatoms. The summed E-state index contributed by atoms with van der Waals surface area (Å²) in [6, 6.07) is 7.55. The Morgan fingerprint density at radius 1 is 1.31 bits per heavy atom. The fraction of sp³-hybridized carbons (Fsp3) is 0.400. The van der Waals surface area contributed by atoms with Gasteiger partial charge in [0.2, 0.25) is 0 Å². The first-order chi connectivity index (χ1) is 6.24. The second kappa shape index (κ2) is 4.84. The highest BCUT2D eigenvalue weighted by atomic mass is 16.3. The zero-order chi connectivity index (χ0) is 9.68. The van der Waals surface area contributed by atoms with Crippen LogP contribution in [0.1, 0.15) is 12.0 Å². The van der Waals surface area contributed by atoms with Crippen molar-refractivity contribution in [3.05, 3.63) is 29.8 Å². The molecule has 0 aromatic heterocycles. The zero-order valence-corrected chi connectivity index (χ0v) is 7.48. The maximum Gasteiger partial charge on any atom is 0.0774 e. The van der Waals surface area contributed by atoms with Crippen molar-refractivity contribution in [2.75, 3.05) is 12.3 Å². The van der Waals surface area contributed by atoms with Crippen molar-refractivity contribution in [2.24, 2.45) is 0 Å². The lowest BCUT2D eigenvalue weighted by Gasteiger charge is -2.08. The normalized spacial score (nSPS) is 12.8. The van der Waals surface area contributed by atoms with Crippen LogP contribution in [0.3, 0.4) is 0 Å². The van der Waals surface area contributed by atoms with Crippen LogP contribution in [-0.4, -0.2) is 22.9 Å². The van der Waals surface area contributed by atoms with E-state index in [1.807, 2.05) is 24.3 Å². The van der Waals surface area contributed by atoms with Crippen molar-refractivity contribution < 1.29 is 10.2 Å². The SMILES string of the molecule is Nc1ccccc1CCC(O)CO. The van der Waals surface area contributed by atoms with Gasteiger partial charge in [-0.25, -0.2) is 0 Å². The molecular weight excluding hydrogens is 166 g/mol. The molecule has 0 saturated heterocycles. The first-order valence-corrected chi connectivity index (χ1v) is 4.36. The molecule has 3 nitrogen and oxygen atoms in total.